The van der Waals surface area contributed by atoms with Gasteiger partial charge in [-0.05, 0) is 36.2 Å². The van der Waals surface area contributed by atoms with Crippen LogP contribution in [0.3, 0.4) is 0 Å². The van der Waals surface area contributed by atoms with Crippen LogP contribution < -0.4 is 20.3 Å². The molecule has 3 aromatic rings. The average molecular weight is 424 g/mol. The van der Waals surface area contributed by atoms with Crippen molar-refractivity contribution in [3.63, 3.8) is 0 Å². The molecule has 1 saturated heterocycles. The molecule has 1 aliphatic heterocycles. The first kappa shape index (κ1) is 20.3. The highest BCUT2D eigenvalue weighted by Crippen LogP contribution is 2.33. The fourth-order valence-electron chi connectivity index (χ4n) is 3.88. The van der Waals surface area contributed by atoms with Crippen molar-refractivity contribution in [2.75, 3.05) is 32.1 Å². The van der Waals surface area contributed by atoms with Crippen LogP contribution in [0, 0.1) is 0 Å². The number of ether oxygens (including phenoxy) is 1. The highest BCUT2D eigenvalue weighted by molar-refractivity contribution is 6.30. The summed E-state index contributed by atoms with van der Waals surface area (Å²) in [4.78, 5) is 11.2. The van der Waals surface area contributed by atoms with E-state index in [-0.39, 0.29) is 6.04 Å². The first-order chi connectivity index (χ1) is 14.7. The van der Waals surface area contributed by atoms with Crippen LogP contribution in [0.15, 0.2) is 59.7 Å². The second kappa shape index (κ2) is 9.22. The fourth-order valence-corrected chi connectivity index (χ4v) is 4.05. The number of benzene rings is 2. The van der Waals surface area contributed by atoms with Gasteiger partial charge in [-0.2, -0.15) is 0 Å². The summed E-state index contributed by atoms with van der Waals surface area (Å²) >= 11 is 6.20. The number of methoxy groups -OCH3 is 1. The molecule has 1 fully saturated rings. The SMILES string of the molecule is CN=C(NCc1cccc2cccnc12)NC1CCN(c2cc(Cl)ccc2OC)C1. The Hall–Kier alpha value is -2.99. The molecule has 0 saturated carbocycles. The van der Waals surface area contributed by atoms with Crippen LogP contribution in [-0.2, 0) is 6.54 Å². The lowest BCUT2D eigenvalue weighted by Crippen LogP contribution is -2.44. The number of nitrogens with one attached hydrogen (secondary N) is 2. The summed E-state index contributed by atoms with van der Waals surface area (Å²) in [5.74, 6) is 1.62. The molecule has 30 heavy (non-hydrogen) atoms. The molecule has 0 radical (unpaired) electrons. The first-order valence-electron chi connectivity index (χ1n) is 10.1. The number of aromatic nitrogens is 1. The van der Waals surface area contributed by atoms with Crippen molar-refractivity contribution in [1.82, 2.24) is 15.6 Å². The zero-order valence-corrected chi connectivity index (χ0v) is 18.0. The number of para-hydroxylation sites is 1. The van der Waals surface area contributed by atoms with Crippen LogP contribution in [0.2, 0.25) is 5.02 Å². The quantitative estimate of drug-likeness (QED) is 0.482. The predicted octanol–water partition coefficient (Wildman–Crippen LogP) is 3.84. The minimum Gasteiger partial charge on any atom is -0.495 e. The smallest absolute Gasteiger partial charge is 0.191 e. The number of aliphatic imine (C=N–C) groups is 1. The van der Waals surface area contributed by atoms with Crippen molar-refractivity contribution >= 4 is 34.2 Å². The van der Waals surface area contributed by atoms with Crippen molar-refractivity contribution in [3.05, 3.63) is 65.3 Å². The van der Waals surface area contributed by atoms with E-state index < -0.39 is 0 Å². The second-order valence-electron chi connectivity index (χ2n) is 7.31. The Labute approximate surface area is 181 Å². The summed E-state index contributed by atoms with van der Waals surface area (Å²) in [6, 6.07) is 16.3. The molecule has 2 aromatic carbocycles. The molecule has 1 atom stereocenters. The van der Waals surface area contributed by atoms with E-state index in [0.717, 1.165) is 53.4 Å². The number of hydrogen-bond acceptors (Lipinski definition) is 4. The fraction of sp³-hybridized carbons (Fsp3) is 0.304. The van der Waals surface area contributed by atoms with E-state index in [1.54, 1.807) is 14.2 Å². The van der Waals surface area contributed by atoms with Crippen LogP contribution in [0.1, 0.15) is 12.0 Å². The van der Waals surface area contributed by atoms with Crippen LogP contribution in [0.4, 0.5) is 5.69 Å². The van der Waals surface area contributed by atoms with Gasteiger partial charge in [-0.25, -0.2) is 0 Å². The van der Waals surface area contributed by atoms with Gasteiger partial charge in [-0.1, -0.05) is 35.9 Å². The first-order valence-corrected chi connectivity index (χ1v) is 10.4. The number of hydrogen-bond donors (Lipinski definition) is 2. The van der Waals surface area contributed by atoms with Crippen molar-refractivity contribution in [1.29, 1.82) is 0 Å². The normalized spacial score (nSPS) is 16.7. The molecule has 156 valence electrons. The summed E-state index contributed by atoms with van der Waals surface area (Å²) in [5.41, 5.74) is 3.19. The Balaban J connectivity index is 1.39. The van der Waals surface area contributed by atoms with Crippen LogP contribution in [-0.4, -0.2) is 44.2 Å². The summed E-state index contributed by atoms with van der Waals surface area (Å²) in [5, 5.41) is 8.82. The third kappa shape index (κ3) is 4.44. The Morgan fingerprint density at radius 1 is 1.27 bits per heavy atom. The van der Waals surface area contributed by atoms with Gasteiger partial charge in [0.25, 0.3) is 0 Å². The van der Waals surface area contributed by atoms with Crippen molar-refractivity contribution in [3.8, 4) is 5.75 Å². The van der Waals surface area contributed by atoms with Gasteiger partial charge in [-0.3, -0.25) is 9.98 Å². The third-order valence-corrected chi connectivity index (χ3v) is 5.63. The van der Waals surface area contributed by atoms with E-state index in [9.17, 15) is 0 Å². The molecule has 2 heterocycles. The van der Waals surface area contributed by atoms with Gasteiger partial charge in [0.2, 0.25) is 0 Å². The van der Waals surface area contributed by atoms with E-state index in [1.165, 1.54) is 0 Å². The summed E-state index contributed by atoms with van der Waals surface area (Å²) < 4.78 is 5.51. The van der Waals surface area contributed by atoms with Crippen LogP contribution in [0.5, 0.6) is 5.75 Å². The van der Waals surface area contributed by atoms with E-state index in [4.69, 9.17) is 16.3 Å². The molecule has 1 unspecified atom stereocenters. The zero-order valence-electron chi connectivity index (χ0n) is 17.2. The van der Waals surface area contributed by atoms with Gasteiger partial charge in [0.15, 0.2) is 5.96 Å². The number of guanidine groups is 1. The molecule has 2 N–H and O–H groups in total. The largest absolute Gasteiger partial charge is 0.495 e. The predicted molar refractivity (Wildman–Crippen MR) is 124 cm³/mol. The number of nitrogens with zero attached hydrogens (tertiary/aromatic N) is 3. The highest BCUT2D eigenvalue weighted by Gasteiger charge is 2.25. The highest BCUT2D eigenvalue weighted by atomic mass is 35.5. The summed E-state index contributed by atoms with van der Waals surface area (Å²) in [6.07, 6.45) is 2.84. The molecule has 1 aromatic heterocycles. The Morgan fingerprint density at radius 2 is 2.13 bits per heavy atom. The van der Waals surface area contributed by atoms with Crippen molar-refractivity contribution in [2.24, 2.45) is 4.99 Å². The number of halogens is 1. The molecule has 0 aliphatic carbocycles. The van der Waals surface area contributed by atoms with Crippen molar-refractivity contribution < 1.29 is 4.74 Å². The molecule has 4 rings (SSSR count). The standard InChI is InChI=1S/C23H26ClN5O/c1-25-23(27-14-17-6-3-5-16-7-4-11-26-22(16)17)28-19-10-12-29(15-19)20-13-18(24)8-9-21(20)30-2/h3-9,11,13,19H,10,12,14-15H2,1-2H3,(H2,25,27,28). The Morgan fingerprint density at radius 3 is 2.97 bits per heavy atom. The lowest BCUT2D eigenvalue weighted by Gasteiger charge is -2.22. The summed E-state index contributed by atoms with van der Waals surface area (Å²) in [7, 11) is 3.48. The average Bonchev–Trinajstić information content (AvgIpc) is 3.25. The van der Waals surface area contributed by atoms with Gasteiger partial charge >= 0.3 is 0 Å². The number of rotatable bonds is 5. The van der Waals surface area contributed by atoms with E-state index >= 15 is 0 Å². The number of pyridine rings is 1. The molecular weight excluding hydrogens is 398 g/mol. The lowest BCUT2D eigenvalue weighted by molar-refractivity contribution is 0.415. The van der Waals surface area contributed by atoms with Gasteiger partial charge < -0.3 is 20.3 Å². The molecule has 0 spiro atoms. The lowest BCUT2D eigenvalue weighted by atomic mass is 10.1. The number of anilines is 1. The molecule has 0 bridgehead atoms. The van der Waals surface area contributed by atoms with Crippen LogP contribution >= 0.6 is 11.6 Å². The minimum absolute atomic E-state index is 0.283. The van der Waals surface area contributed by atoms with Crippen molar-refractivity contribution in [2.45, 2.75) is 19.0 Å². The molecule has 0 amide bonds. The number of fused-ring (bicyclic) bond motifs is 1. The van der Waals surface area contributed by atoms with E-state index in [1.807, 2.05) is 30.5 Å². The summed E-state index contributed by atoms with van der Waals surface area (Å²) in [6.45, 7) is 2.44. The molecule has 7 heteroatoms. The van der Waals surface area contributed by atoms with Crippen LogP contribution in [0.25, 0.3) is 10.9 Å². The minimum atomic E-state index is 0.283. The van der Waals surface area contributed by atoms with Gasteiger partial charge in [-0.15, -0.1) is 0 Å². The topological polar surface area (TPSA) is 61.8 Å². The zero-order chi connectivity index (χ0) is 20.9. The maximum absolute atomic E-state index is 6.20. The molecule has 6 nitrogen and oxygen atoms in total. The molecular formula is C23H26ClN5O. The van der Waals surface area contributed by atoms with Gasteiger partial charge in [0.05, 0.1) is 18.3 Å². The maximum atomic E-state index is 6.20. The Kier molecular flexibility index (Phi) is 6.23. The monoisotopic (exact) mass is 423 g/mol. The Bertz CT molecular complexity index is 1050. The van der Waals surface area contributed by atoms with Gasteiger partial charge in [0.1, 0.15) is 5.75 Å². The van der Waals surface area contributed by atoms with E-state index in [2.05, 4.69) is 49.8 Å². The molecule has 1 aliphatic rings. The van der Waals surface area contributed by atoms with Gasteiger partial charge in [0, 0.05) is 49.3 Å². The second-order valence-corrected chi connectivity index (χ2v) is 7.75. The van der Waals surface area contributed by atoms with E-state index in [0.29, 0.717) is 11.6 Å². The third-order valence-electron chi connectivity index (χ3n) is 5.40. The maximum Gasteiger partial charge on any atom is 0.191 e.